The van der Waals surface area contributed by atoms with Crippen LogP contribution in [0.2, 0.25) is 0 Å². The Labute approximate surface area is 155 Å². The minimum atomic E-state index is -2.88. The fraction of sp³-hybridized carbons (Fsp3) is 0.667. The van der Waals surface area contributed by atoms with Gasteiger partial charge in [0.15, 0.2) is 9.84 Å². The monoisotopic (exact) mass is 380 g/mol. The van der Waals surface area contributed by atoms with Crippen LogP contribution in [-0.2, 0) is 14.6 Å². The SMILES string of the molecule is Cc1cccc(NCC2CCN(CC(=O)NCC3CCS(=O)(=O)C3)C2)n1. The zero-order chi connectivity index (χ0) is 18.6. The Hall–Kier alpha value is -1.67. The Morgan fingerprint density at radius 1 is 1.27 bits per heavy atom. The normalized spacial score (nSPS) is 25.3. The number of hydrogen-bond donors (Lipinski definition) is 2. The largest absolute Gasteiger partial charge is 0.370 e. The molecule has 0 bridgehead atoms. The summed E-state index contributed by atoms with van der Waals surface area (Å²) in [7, 11) is -2.88. The van der Waals surface area contributed by atoms with Crippen molar-refractivity contribution in [1.29, 1.82) is 0 Å². The van der Waals surface area contributed by atoms with Gasteiger partial charge in [-0.25, -0.2) is 13.4 Å². The van der Waals surface area contributed by atoms with E-state index in [2.05, 4.69) is 20.5 Å². The number of nitrogens with zero attached hydrogens (tertiary/aromatic N) is 2. The highest BCUT2D eigenvalue weighted by Gasteiger charge is 2.28. The van der Waals surface area contributed by atoms with Gasteiger partial charge in [0.05, 0.1) is 18.1 Å². The van der Waals surface area contributed by atoms with E-state index >= 15 is 0 Å². The standard InChI is InChI=1S/C18H28N4O3S/c1-14-3-2-4-17(21-14)19-9-15-5-7-22(11-15)12-18(23)20-10-16-6-8-26(24,25)13-16/h2-4,15-16H,5-13H2,1H3,(H,19,21)(H,20,23). The van der Waals surface area contributed by atoms with Gasteiger partial charge >= 0.3 is 0 Å². The fourth-order valence-electron chi connectivity index (χ4n) is 3.66. The lowest BCUT2D eigenvalue weighted by molar-refractivity contribution is -0.122. The molecule has 26 heavy (non-hydrogen) atoms. The summed E-state index contributed by atoms with van der Waals surface area (Å²) in [5.74, 6) is 1.92. The second-order valence-electron chi connectivity index (χ2n) is 7.51. The first-order chi connectivity index (χ1) is 12.4. The van der Waals surface area contributed by atoms with Crippen LogP contribution in [0.25, 0.3) is 0 Å². The van der Waals surface area contributed by atoms with Crippen LogP contribution in [0.1, 0.15) is 18.5 Å². The molecule has 3 rings (SSSR count). The molecular weight excluding hydrogens is 352 g/mol. The fourth-order valence-corrected chi connectivity index (χ4v) is 5.53. The Balaban J connectivity index is 1.34. The van der Waals surface area contributed by atoms with E-state index in [-0.39, 0.29) is 23.3 Å². The number of carbonyl (C=O) groups excluding carboxylic acids is 1. The van der Waals surface area contributed by atoms with E-state index in [1.165, 1.54) is 0 Å². The van der Waals surface area contributed by atoms with Crippen LogP contribution in [-0.4, -0.2) is 68.4 Å². The number of hydrogen-bond acceptors (Lipinski definition) is 6. The van der Waals surface area contributed by atoms with Gasteiger partial charge in [-0.05, 0) is 50.3 Å². The van der Waals surface area contributed by atoms with E-state index in [9.17, 15) is 13.2 Å². The summed E-state index contributed by atoms with van der Waals surface area (Å²) in [6.07, 6.45) is 1.72. The average Bonchev–Trinajstić information content (AvgIpc) is 3.17. The highest BCUT2D eigenvalue weighted by atomic mass is 32.2. The molecule has 8 heteroatoms. The van der Waals surface area contributed by atoms with E-state index in [1.807, 2.05) is 25.1 Å². The van der Waals surface area contributed by atoms with Crippen LogP contribution < -0.4 is 10.6 Å². The van der Waals surface area contributed by atoms with Crippen molar-refractivity contribution in [3.05, 3.63) is 23.9 Å². The van der Waals surface area contributed by atoms with Crippen LogP contribution in [0.5, 0.6) is 0 Å². The van der Waals surface area contributed by atoms with E-state index in [1.54, 1.807) is 0 Å². The summed E-state index contributed by atoms with van der Waals surface area (Å²) >= 11 is 0. The van der Waals surface area contributed by atoms with Crippen molar-refractivity contribution in [1.82, 2.24) is 15.2 Å². The van der Waals surface area contributed by atoms with Crippen LogP contribution in [0.15, 0.2) is 18.2 Å². The van der Waals surface area contributed by atoms with Crippen molar-refractivity contribution in [2.45, 2.75) is 19.8 Å². The summed E-state index contributed by atoms with van der Waals surface area (Å²) < 4.78 is 22.9. The zero-order valence-corrected chi connectivity index (χ0v) is 16.1. The molecular formula is C18H28N4O3S. The summed E-state index contributed by atoms with van der Waals surface area (Å²) in [6, 6.07) is 5.93. The van der Waals surface area contributed by atoms with Gasteiger partial charge < -0.3 is 10.6 Å². The summed E-state index contributed by atoms with van der Waals surface area (Å²) in [5.41, 5.74) is 0.995. The molecule has 1 amide bonds. The Morgan fingerprint density at radius 3 is 2.85 bits per heavy atom. The second-order valence-corrected chi connectivity index (χ2v) is 9.74. The number of aryl methyl sites for hydroxylation is 1. The maximum Gasteiger partial charge on any atom is 0.234 e. The topological polar surface area (TPSA) is 91.4 Å². The summed E-state index contributed by atoms with van der Waals surface area (Å²) in [5, 5.41) is 6.27. The van der Waals surface area contributed by atoms with Gasteiger partial charge in [0.2, 0.25) is 5.91 Å². The quantitative estimate of drug-likeness (QED) is 0.723. The molecule has 1 aromatic heterocycles. The molecule has 7 nitrogen and oxygen atoms in total. The molecule has 2 aliphatic heterocycles. The number of amides is 1. The lowest BCUT2D eigenvalue weighted by Gasteiger charge is -2.17. The van der Waals surface area contributed by atoms with Crippen molar-refractivity contribution in [3.63, 3.8) is 0 Å². The van der Waals surface area contributed by atoms with Gasteiger partial charge in [-0.2, -0.15) is 0 Å². The molecule has 0 saturated carbocycles. The summed E-state index contributed by atoms with van der Waals surface area (Å²) in [6.45, 7) is 5.49. The number of sulfone groups is 1. The van der Waals surface area contributed by atoms with Crippen molar-refractivity contribution in [3.8, 4) is 0 Å². The van der Waals surface area contributed by atoms with E-state index < -0.39 is 9.84 Å². The number of pyridine rings is 1. The third-order valence-electron chi connectivity index (χ3n) is 5.11. The minimum Gasteiger partial charge on any atom is -0.370 e. The Morgan fingerprint density at radius 2 is 2.12 bits per heavy atom. The van der Waals surface area contributed by atoms with Crippen LogP contribution >= 0.6 is 0 Å². The third kappa shape index (κ3) is 5.67. The number of likely N-dealkylation sites (tertiary alicyclic amines) is 1. The van der Waals surface area contributed by atoms with Gasteiger partial charge in [-0.1, -0.05) is 6.07 Å². The smallest absolute Gasteiger partial charge is 0.234 e. The number of rotatable bonds is 7. The van der Waals surface area contributed by atoms with E-state index in [4.69, 9.17) is 0 Å². The van der Waals surface area contributed by atoms with Gasteiger partial charge in [-0.15, -0.1) is 0 Å². The highest BCUT2D eigenvalue weighted by Crippen LogP contribution is 2.18. The lowest BCUT2D eigenvalue weighted by atomic mass is 10.1. The predicted octanol–water partition coefficient (Wildman–Crippen LogP) is 0.675. The molecule has 2 fully saturated rings. The first-order valence-electron chi connectivity index (χ1n) is 9.26. The predicted molar refractivity (Wildman–Crippen MR) is 102 cm³/mol. The molecule has 3 heterocycles. The van der Waals surface area contributed by atoms with Gasteiger partial charge in [0.25, 0.3) is 0 Å². The molecule has 2 unspecified atom stereocenters. The first kappa shape index (κ1) is 19.1. The molecule has 2 N–H and O–H groups in total. The molecule has 2 aliphatic rings. The van der Waals surface area contributed by atoms with Gasteiger partial charge in [-0.3, -0.25) is 9.69 Å². The third-order valence-corrected chi connectivity index (χ3v) is 6.95. The summed E-state index contributed by atoms with van der Waals surface area (Å²) in [4.78, 5) is 18.7. The Kier molecular flexibility index (Phi) is 6.13. The van der Waals surface area contributed by atoms with Gasteiger partial charge in [0.1, 0.15) is 5.82 Å². The Bertz CT molecular complexity index is 738. The molecule has 1 aromatic rings. The number of anilines is 1. The first-order valence-corrected chi connectivity index (χ1v) is 11.1. The molecule has 2 saturated heterocycles. The van der Waals surface area contributed by atoms with Crippen molar-refractivity contribution in [2.75, 3.05) is 49.5 Å². The van der Waals surface area contributed by atoms with Crippen molar-refractivity contribution < 1.29 is 13.2 Å². The maximum absolute atomic E-state index is 12.1. The lowest BCUT2D eigenvalue weighted by Crippen LogP contribution is -2.38. The maximum atomic E-state index is 12.1. The van der Waals surface area contributed by atoms with Crippen LogP contribution in [0.3, 0.4) is 0 Å². The molecule has 144 valence electrons. The second kappa shape index (κ2) is 8.35. The van der Waals surface area contributed by atoms with Crippen molar-refractivity contribution >= 4 is 21.6 Å². The van der Waals surface area contributed by atoms with E-state index in [0.717, 1.165) is 37.6 Å². The van der Waals surface area contributed by atoms with Crippen LogP contribution in [0, 0.1) is 18.8 Å². The van der Waals surface area contributed by atoms with Crippen molar-refractivity contribution in [2.24, 2.45) is 11.8 Å². The number of aromatic nitrogens is 1. The molecule has 0 aromatic carbocycles. The van der Waals surface area contributed by atoms with Crippen LogP contribution in [0.4, 0.5) is 5.82 Å². The zero-order valence-electron chi connectivity index (χ0n) is 15.3. The highest BCUT2D eigenvalue weighted by molar-refractivity contribution is 7.91. The van der Waals surface area contributed by atoms with Gasteiger partial charge in [0, 0.05) is 25.3 Å². The van der Waals surface area contributed by atoms with E-state index in [0.29, 0.717) is 25.4 Å². The molecule has 0 radical (unpaired) electrons. The minimum absolute atomic E-state index is 0.0109. The molecule has 2 atom stereocenters. The number of nitrogens with one attached hydrogen (secondary N) is 2. The number of carbonyl (C=O) groups is 1. The molecule has 0 aliphatic carbocycles. The molecule has 0 spiro atoms. The average molecular weight is 381 g/mol.